The van der Waals surface area contributed by atoms with Crippen molar-refractivity contribution in [1.82, 2.24) is 20.0 Å². The van der Waals surface area contributed by atoms with E-state index in [1.807, 2.05) is 6.92 Å². The number of hydrogen-bond donors (Lipinski definition) is 0. The van der Waals surface area contributed by atoms with Gasteiger partial charge in [-0.3, -0.25) is 4.68 Å². The molecule has 0 aliphatic carbocycles. The van der Waals surface area contributed by atoms with Crippen LogP contribution in [0.5, 0.6) is 0 Å². The molecule has 0 atom stereocenters. The summed E-state index contributed by atoms with van der Waals surface area (Å²) in [5.41, 5.74) is 0.832. The lowest BCUT2D eigenvalue weighted by Gasteiger charge is -1.96. The summed E-state index contributed by atoms with van der Waals surface area (Å²) in [6.07, 6.45) is 2.46. The van der Waals surface area contributed by atoms with Gasteiger partial charge in [0.15, 0.2) is 0 Å². The molecular weight excluding hydrogens is 216 g/mol. The molecule has 2 aromatic rings. The van der Waals surface area contributed by atoms with Gasteiger partial charge in [0.05, 0.1) is 10.7 Å². The minimum Gasteiger partial charge on any atom is -0.426 e. The van der Waals surface area contributed by atoms with E-state index in [4.69, 9.17) is 16.0 Å². The van der Waals surface area contributed by atoms with Crippen LogP contribution in [0.25, 0.3) is 0 Å². The molecule has 6 heteroatoms. The minimum atomic E-state index is 0.583. The standard InChI is InChI=1S/C9H11ClN4O/c1-6-8(10)5-14(13-6)4-3-9-12-11-7(2)15-9/h5H,3-4H2,1-2H3. The Labute approximate surface area is 92.1 Å². The molecule has 2 heterocycles. The van der Waals surface area contributed by atoms with E-state index in [0.717, 1.165) is 5.69 Å². The third kappa shape index (κ3) is 2.36. The second-order valence-electron chi connectivity index (χ2n) is 3.29. The monoisotopic (exact) mass is 226 g/mol. The molecule has 0 radical (unpaired) electrons. The molecule has 0 N–H and O–H groups in total. The van der Waals surface area contributed by atoms with Crippen molar-refractivity contribution in [3.8, 4) is 0 Å². The minimum absolute atomic E-state index is 0.583. The van der Waals surface area contributed by atoms with Crippen molar-refractivity contribution in [2.24, 2.45) is 0 Å². The lowest BCUT2D eigenvalue weighted by atomic mass is 10.4. The molecule has 0 aromatic carbocycles. The lowest BCUT2D eigenvalue weighted by molar-refractivity contribution is 0.446. The smallest absolute Gasteiger partial charge is 0.218 e. The first kappa shape index (κ1) is 10.2. The van der Waals surface area contributed by atoms with Gasteiger partial charge in [-0.15, -0.1) is 10.2 Å². The largest absolute Gasteiger partial charge is 0.426 e. The Bertz CT molecular complexity index is 443. The Kier molecular flexibility index (Phi) is 2.73. The van der Waals surface area contributed by atoms with Gasteiger partial charge in [-0.2, -0.15) is 5.10 Å². The van der Waals surface area contributed by atoms with E-state index in [0.29, 0.717) is 29.8 Å². The Morgan fingerprint density at radius 1 is 1.40 bits per heavy atom. The summed E-state index contributed by atoms with van der Waals surface area (Å²) in [4.78, 5) is 0. The topological polar surface area (TPSA) is 56.7 Å². The van der Waals surface area contributed by atoms with Gasteiger partial charge < -0.3 is 4.42 Å². The summed E-state index contributed by atoms with van der Waals surface area (Å²) < 4.78 is 7.02. The third-order valence-electron chi connectivity index (χ3n) is 2.01. The molecule has 0 saturated heterocycles. The molecule has 0 amide bonds. The lowest BCUT2D eigenvalue weighted by Crippen LogP contribution is -2.02. The molecule has 0 aliphatic heterocycles. The fourth-order valence-electron chi connectivity index (χ4n) is 1.26. The van der Waals surface area contributed by atoms with Crippen molar-refractivity contribution >= 4 is 11.6 Å². The van der Waals surface area contributed by atoms with Crippen LogP contribution < -0.4 is 0 Å². The van der Waals surface area contributed by atoms with Crippen LogP contribution in [0, 0.1) is 13.8 Å². The van der Waals surface area contributed by atoms with Crippen LogP contribution in [-0.4, -0.2) is 20.0 Å². The van der Waals surface area contributed by atoms with Crippen LogP contribution >= 0.6 is 11.6 Å². The van der Waals surface area contributed by atoms with Crippen molar-refractivity contribution in [3.05, 3.63) is 28.7 Å². The van der Waals surface area contributed by atoms with Gasteiger partial charge in [-0.25, -0.2) is 0 Å². The Balaban J connectivity index is 1.99. The molecule has 0 aliphatic rings. The fourth-order valence-corrected chi connectivity index (χ4v) is 1.41. The highest BCUT2D eigenvalue weighted by Crippen LogP contribution is 2.12. The van der Waals surface area contributed by atoms with Crippen molar-refractivity contribution in [3.63, 3.8) is 0 Å². The number of rotatable bonds is 3. The maximum absolute atomic E-state index is 5.88. The highest BCUT2D eigenvalue weighted by Gasteiger charge is 2.05. The van der Waals surface area contributed by atoms with Crippen LogP contribution in [0.15, 0.2) is 10.6 Å². The molecule has 0 fully saturated rings. The normalized spacial score (nSPS) is 10.9. The third-order valence-corrected chi connectivity index (χ3v) is 2.38. The maximum atomic E-state index is 5.88. The predicted octanol–water partition coefficient (Wildman–Crippen LogP) is 1.78. The maximum Gasteiger partial charge on any atom is 0.218 e. The first-order valence-corrected chi connectivity index (χ1v) is 5.01. The molecule has 0 saturated carbocycles. The zero-order valence-corrected chi connectivity index (χ0v) is 9.32. The van der Waals surface area contributed by atoms with Gasteiger partial charge in [0.1, 0.15) is 0 Å². The van der Waals surface area contributed by atoms with Crippen LogP contribution in [0.1, 0.15) is 17.5 Å². The molecule has 80 valence electrons. The Morgan fingerprint density at radius 2 is 2.20 bits per heavy atom. The SMILES string of the molecule is Cc1nnc(CCn2cc(Cl)c(C)n2)o1. The summed E-state index contributed by atoms with van der Waals surface area (Å²) in [5.74, 6) is 1.21. The summed E-state index contributed by atoms with van der Waals surface area (Å²) >= 11 is 5.88. The molecule has 2 aromatic heterocycles. The number of halogens is 1. The van der Waals surface area contributed by atoms with Crippen molar-refractivity contribution in [1.29, 1.82) is 0 Å². The van der Waals surface area contributed by atoms with Crippen LogP contribution in [0.3, 0.4) is 0 Å². The first-order valence-electron chi connectivity index (χ1n) is 4.63. The molecular formula is C9H11ClN4O. The van der Waals surface area contributed by atoms with Gasteiger partial charge in [0.2, 0.25) is 11.8 Å². The summed E-state index contributed by atoms with van der Waals surface area (Å²) in [5, 5.41) is 12.6. The van der Waals surface area contributed by atoms with Crippen molar-refractivity contribution < 1.29 is 4.42 Å². The van der Waals surface area contributed by atoms with Crippen molar-refractivity contribution in [2.45, 2.75) is 26.8 Å². The van der Waals surface area contributed by atoms with Gasteiger partial charge in [0, 0.05) is 26.1 Å². The van der Waals surface area contributed by atoms with Crippen molar-refractivity contribution in [2.75, 3.05) is 0 Å². The first-order chi connectivity index (χ1) is 7.15. The van der Waals surface area contributed by atoms with E-state index in [-0.39, 0.29) is 0 Å². The summed E-state index contributed by atoms with van der Waals surface area (Å²) in [6, 6.07) is 0. The van der Waals surface area contributed by atoms with Gasteiger partial charge in [-0.1, -0.05) is 11.6 Å². The second-order valence-corrected chi connectivity index (χ2v) is 3.70. The molecule has 0 bridgehead atoms. The van der Waals surface area contributed by atoms with Gasteiger partial charge in [0.25, 0.3) is 0 Å². The molecule has 5 nitrogen and oxygen atoms in total. The Morgan fingerprint density at radius 3 is 2.73 bits per heavy atom. The van der Waals surface area contributed by atoms with E-state index in [2.05, 4.69) is 15.3 Å². The fraction of sp³-hybridized carbons (Fsp3) is 0.444. The van der Waals surface area contributed by atoms with Gasteiger partial charge in [-0.05, 0) is 6.92 Å². The molecule has 15 heavy (non-hydrogen) atoms. The van der Waals surface area contributed by atoms with E-state index in [1.54, 1.807) is 17.8 Å². The average molecular weight is 227 g/mol. The highest BCUT2D eigenvalue weighted by molar-refractivity contribution is 6.31. The summed E-state index contributed by atoms with van der Waals surface area (Å²) in [6.45, 7) is 4.33. The van der Waals surface area contributed by atoms with E-state index in [9.17, 15) is 0 Å². The van der Waals surface area contributed by atoms with E-state index < -0.39 is 0 Å². The summed E-state index contributed by atoms with van der Waals surface area (Å²) in [7, 11) is 0. The number of aromatic nitrogens is 4. The Hall–Kier alpha value is -1.36. The molecule has 0 spiro atoms. The highest BCUT2D eigenvalue weighted by atomic mass is 35.5. The van der Waals surface area contributed by atoms with E-state index >= 15 is 0 Å². The zero-order valence-electron chi connectivity index (χ0n) is 8.57. The second kappa shape index (κ2) is 4.02. The quantitative estimate of drug-likeness (QED) is 0.801. The molecule has 2 rings (SSSR count). The number of hydrogen-bond acceptors (Lipinski definition) is 4. The predicted molar refractivity (Wildman–Crippen MR) is 54.7 cm³/mol. The average Bonchev–Trinajstić information content (AvgIpc) is 2.72. The zero-order chi connectivity index (χ0) is 10.8. The number of aryl methyl sites for hydroxylation is 4. The van der Waals surface area contributed by atoms with E-state index in [1.165, 1.54) is 0 Å². The molecule has 0 unspecified atom stereocenters. The van der Waals surface area contributed by atoms with Crippen LogP contribution in [0.4, 0.5) is 0 Å². The van der Waals surface area contributed by atoms with Gasteiger partial charge >= 0.3 is 0 Å². The number of nitrogens with zero attached hydrogens (tertiary/aromatic N) is 4. The van der Waals surface area contributed by atoms with Crippen LogP contribution in [-0.2, 0) is 13.0 Å². The van der Waals surface area contributed by atoms with Crippen LogP contribution in [0.2, 0.25) is 5.02 Å².